The lowest BCUT2D eigenvalue weighted by atomic mass is 10.2. The Labute approximate surface area is 106 Å². The smallest absolute Gasteiger partial charge is 0.227 e. The van der Waals surface area contributed by atoms with Gasteiger partial charge in [-0.15, -0.1) is 0 Å². The van der Waals surface area contributed by atoms with Crippen molar-refractivity contribution in [3.8, 4) is 0 Å². The molecule has 0 fully saturated rings. The molecule has 0 aliphatic heterocycles. The van der Waals surface area contributed by atoms with Crippen LogP contribution in [0, 0.1) is 6.92 Å². The van der Waals surface area contributed by atoms with Crippen molar-refractivity contribution in [1.29, 1.82) is 0 Å². The van der Waals surface area contributed by atoms with Crippen LogP contribution in [0.1, 0.15) is 12.0 Å². The molecule has 0 aromatic heterocycles. The summed E-state index contributed by atoms with van der Waals surface area (Å²) in [5, 5.41) is 3.38. The highest BCUT2D eigenvalue weighted by Gasteiger charge is 2.12. The molecule has 94 valence electrons. The van der Waals surface area contributed by atoms with Gasteiger partial charge in [0.25, 0.3) is 0 Å². The molecule has 1 rings (SSSR count). The summed E-state index contributed by atoms with van der Waals surface area (Å²) in [4.78, 5) is 11.7. The number of halogens is 1. The van der Waals surface area contributed by atoms with Crippen molar-refractivity contribution >= 4 is 23.2 Å². The van der Waals surface area contributed by atoms with Gasteiger partial charge < -0.3 is 15.8 Å². The number of methoxy groups -OCH3 is 1. The van der Waals surface area contributed by atoms with E-state index in [4.69, 9.17) is 22.1 Å². The van der Waals surface area contributed by atoms with E-state index in [9.17, 15) is 4.79 Å². The third kappa shape index (κ3) is 4.34. The predicted molar refractivity (Wildman–Crippen MR) is 69.3 cm³/mol. The molecule has 0 aliphatic carbocycles. The molecular formula is C12H17ClN2O2. The van der Waals surface area contributed by atoms with E-state index >= 15 is 0 Å². The number of ether oxygens (including phenoxy) is 1. The highest BCUT2D eigenvalue weighted by Crippen LogP contribution is 2.20. The van der Waals surface area contributed by atoms with E-state index in [1.165, 1.54) is 7.11 Å². The van der Waals surface area contributed by atoms with Gasteiger partial charge in [0.15, 0.2) is 0 Å². The Balaban J connectivity index is 2.64. The first-order valence-electron chi connectivity index (χ1n) is 5.35. The average molecular weight is 257 g/mol. The molecule has 1 unspecified atom stereocenters. The van der Waals surface area contributed by atoms with Crippen molar-refractivity contribution in [2.24, 2.45) is 5.73 Å². The van der Waals surface area contributed by atoms with Crippen LogP contribution < -0.4 is 11.1 Å². The predicted octanol–water partition coefficient (Wildman–Crippen LogP) is 1.95. The van der Waals surface area contributed by atoms with Gasteiger partial charge >= 0.3 is 0 Å². The minimum absolute atomic E-state index is 0.132. The molecule has 1 amide bonds. The van der Waals surface area contributed by atoms with Crippen molar-refractivity contribution in [3.05, 3.63) is 28.8 Å². The molecule has 1 atom stereocenters. The van der Waals surface area contributed by atoms with E-state index < -0.39 is 0 Å². The Morgan fingerprint density at radius 2 is 2.29 bits per heavy atom. The minimum Gasteiger partial charge on any atom is -0.380 e. The fourth-order valence-corrected chi connectivity index (χ4v) is 1.57. The van der Waals surface area contributed by atoms with Crippen molar-refractivity contribution in [2.45, 2.75) is 19.4 Å². The number of rotatable bonds is 5. The van der Waals surface area contributed by atoms with Crippen LogP contribution in [0.5, 0.6) is 0 Å². The molecule has 3 N–H and O–H groups in total. The second kappa shape index (κ2) is 6.59. The third-order valence-corrected chi connectivity index (χ3v) is 2.72. The first-order chi connectivity index (χ1) is 8.06. The maximum atomic E-state index is 11.7. The molecule has 0 heterocycles. The van der Waals surface area contributed by atoms with E-state index in [-0.39, 0.29) is 18.4 Å². The average Bonchev–Trinajstić information content (AvgIpc) is 2.31. The van der Waals surface area contributed by atoms with Crippen LogP contribution >= 0.6 is 11.6 Å². The fraction of sp³-hybridized carbons (Fsp3) is 0.417. The minimum atomic E-state index is -0.255. The second-order valence-corrected chi connectivity index (χ2v) is 4.24. The van der Waals surface area contributed by atoms with Gasteiger partial charge in [-0.25, -0.2) is 0 Å². The molecule has 0 spiro atoms. The number of benzene rings is 1. The Kier molecular flexibility index (Phi) is 5.41. The molecule has 0 saturated carbocycles. The number of hydrogen-bond donors (Lipinski definition) is 2. The Hall–Kier alpha value is -1.10. The lowest BCUT2D eigenvalue weighted by Crippen LogP contribution is -2.28. The largest absolute Gasteiger partial charge is 0.380 e. The molecule has 17 heavy (non-hydrogen) atoms. The number of nitrogens with two attached hydrogens (primary N) is 1. The lowest BCUT2D eigenvalue weighted by Gasteiger charge is -2.13. The summed E-state index contributed by atoms with van der Waals surface area (Å²) in [6, 6.07) is 5.36. The topological polar surface area (TPSA) is 64.3 Å². The SMILES string of the molecule is COC(CN)CC(=O)Nc1cc(Cl)ccc1C. The van der Waals surface area contributed by atoms with Crippen molar-refractivity contribution in [2.75, 3.05) is 19.0 Å². The van der Waals surface area contributed by atoms with Crippen LogP contribution in [0.4, 0.5) is 5.69 Å². The molecule has 0 saturated heterocycles. The lowest BCUT2D eigenvalue weighted by molar-refractivity contribution is -0.118. The number of nitrogens with one attached hydrogen (secondary N) is 1. The van der Waals surface area contributed by atoms with Crippen LogP contribution in [0.15, 0.2) is 18.2 Å². The summed E-state index contributed by atoms with van der Waals surface area (Å²) in [7, 11) is 1.54. The summed E-state index contributed by atoms with van der Waals surface area (Å²) in [5.74, 6) is -0.132. The number of aryl methyl sites for hydroxylation is 1. The van der Waals surface area contributed by atoms with Crippen LogP contribution in [0.2, 0.25) is 5.02 Å². The van der Waals surface area contributed by atoms with Gasteiger partial charge in [0, 0.05) is 24.4 Å². The molecule has 1 aromatic rings. The van der Waals surface area contributed by atoms with E-state index in [1.54, 1.807) is 12.1 Å². The van der Waals surface area contributed by atoms with Gasteiger partial charge in [-0.3, -0.25) is 4.79 Å². The molecule has 0 bridgehead atoms. The van der Waals surface area contributed by atoms with Crippen molar-refractivity contribution in [1.82, 2.24) is 0 Å². The number of anilines is 1. The zero-order valence-electron chi connectivity index (χ0n) is 10.00. The van der Waals surface area contributed by atoms with Gasteiger partial charge in [-0.2, -0.15) is 0 Å². The Morgan fingerprint density at radius 1 is 1.59 bits per heavy atom. The van der Waals surface area contributed by atoms with E-state index in [2.05, 4.69) is 5.32 Å². The maximum Gasteiger partial charge on any atom is 0.227 e. The first kappa shape index (κ1) is 14.0. The zero-order chi connectivity index (χ0) is 12.8. The molecule has 0 aliphatic rings. The van der Waals surface area contributed by atoms with Gasteiger partial charge in [-0.1, -0.05) is 17.7 Å². The monoisotopic (exact) mass is 256 g/mol. The number of carbonyl (C=O) groups is 1. The summed E-state index contributed by atoms with van der Waals surface area (Å²) in [5.41, 5.74) is 7.13. The van der Waals surface area contributed by atoms with Crippen LogP contribution in [-0.2, 0) is 9.53 Å². The normalized spacial score (nSPS) is 12.2. The molecular weight excluding hydrogens is 240 g/mol. The zero-order valence-corrected chi connectivity index (χ0v) is 10.8. The molecule has 5 heteroatoms. The van der Waals surface area contributed by atoms with Gasteiger partial charge in [0.2, 0.25) is 5.91 Å². The number of hydrogen-bond acceptors (Lipinski definition) is 3. The molecule has 1 aromatic carbocycles. The van der Waals surface area contributed by atoms with Crippen molar-refractivity contribution in [3.63, 3.8) is 0 Å². The van der Waals surface area contributed by atoms with Gasteiger partial charge in [0.05, 0.1) is 12.5 Å². The highest BCUT2D eigenvalue weighted by molar-refractivity contribution is 6.31. The molecule has 0 radical (unpaired) electrons. The fourth-order valence-electron chi connectivity index (χ4n) is 1.40. The van der Waals surface area contributed by atoms with Gasteiger partial charge in [0.1, 0.15) is 0 Å². The summed E-state index contributed by atoms with van der Waals surface area (Å²) >= 11 is 5.86. The highest BCUT2D eigenvalue weighted by atomic mass is 35.5. The second-order valence-electron chi connectivity index (χ2n) is 3.80. The standard InChI is InChI=1S/C12H17ClN2O2/c1-8-3-4-9(13)5-11(8)15-12(16)6-10(7-14)17-2/h3-5,10H,6-7,14H2,1-2H3,(H,15,16). The quantitative estimate of drug-likeness (QED) is 0.846. The van der Waals surface area contributed by atoms with Crippen LogP contribution in [0.3, 0.4) is 0 Å². The first-order valence-corrected chi connectivity index (χ1v) is 5.73. The number of amides is 1. The van der Waals surface area contributed by atoms with Crippen LogP contribution in [0.25, 0.3) is 0 Å². The summed E-state index contributed by atoms with van der Waals surface area (Å²) in [6.45, 7) is 2.22. The summed E-state index contributed by atoms with van der Waals surface area (Å²) in [6.07, 6.45) is -0.0200. The van der Waals surface area contributed by atoms with E-state index in [1.807, 2.05) is 13.0 Å². The Morgan fingerprint density at radius 3 is 2.88 bits per heavy atom. The Bertz CT molecular complexity index is 392. The number of carbonyl (C=O) groups excluding carboxylic acids is 1. The molecule has 4 nitrogen and oxygen atoms in total. The van der Waals surface area contributed by atoms with Crippen molar-refractivity contribution < 1.29 is 9.53 Å². The van der Waals surface area contributed by atoms with E-state index in [0.717, 1.165) is 11.3 Å². The summed E-state index contributed by atoms with van der Waals surface area (Å²) < 4.78 is 5.05. The maximum absolute atomic E-state index is 11.7. The van der Waals surface area contributed by atoms with Gasteiger partial charge in [-0.05, 0) is 24.6 Å². The van der Waals surface area contributed by atoms with E-state index in [0.29, 0.717) is 11.6 Å². The van der Waals surface area contributed by atoms with Crippen LogP contribution in [-0.4, -0.2) is 25.7 Å². The third-order valence-electron chi connectivity index (χ3n) is 2.48.